The Bertz CT molecular complexity index is 31.3. The van der Waals surface area contributed by atoms with Crippen LogP contribution >= 0.6 is 0 Å². The second-order valence-corrected chi connectivity index (χ2v) is 2.02. The number of hydrogen-bond acceptors (Lipinski definition) is 2. The Morgan fingerprint density at radius 1 is 0.909 bits per heavy atom. The zero-order valence-electron chi connectivity index (χ0n) is 8.43. The average Bonchev–Trinajstić information content (AvgIpc) is 1.86. The summed E-state index contributed by atoms with van der Waals surface area (Å²) < 4.78 is 0. The van der Waals surface area contributed by atoms with Gasteiger partial charge in [-0.25, -0.2) is 0 Å². The van der Waals surface area contributed by atoms with E-state index in [1.165, 1.54) is 25.7 Å². The van der Waals surface area contributed by atoms with Crippen LogP contribution in [-0.2, 0) is 0 Å². The Kier molecular flexibility index (Phi) is 62.4. The van der Waals surface area contributed by atoms with E-state index in [2.05, 4.69) is 13.8 Å². The zero-order valence-corrected chi connectivity index (χ0v) is 11.6. The molecule has 0 spiro atoms. The van der Waals surface area contributed by atoms with Crippen molar-refractivity contribution in [2.24, 2.45) is 0 Å². The fraction of sp³-hybridized carbons (Fsp3) is 1.00. The molecule has 2 nitrogen and oxygen atoms in total. The van der Waals surface area contributed by atoms with Gasteiger partial charge in [-0.2, -0.15) is 0 Å². The quantitative estimate of drug-likeness (QED) is 0.475. The fourth-order valence-corrected chi connectivity index (χ4v) is 0.500. The monoisotopic (exact) mass is 188 g/mol. The van der Waals surface area contributed by atoms with Gasteiger partial charge in [0.05, 0.1) is 0 Å². The molecule has 11 heavy (non-hydrogen) atoms. The van der Waals surface area contributed by atoms with Crippen molar-refractivity contribution in [3.63, 3.8) is 0 Å². The SMILES string of the molecule is CCCCCC.CCO.[K+].[OH-]. The van der Waals surface area contributed by atoms with Crippen LogP contribution in [0.4, 0.5) is 0 Å². The van der Waals surface area contributed by atoms with Crippen LogP contribution in [0, 0.1) is 0 Å². The summed E-state index contributed by atoms with van der Waals surface area (Å²) in [5.41, 5.74) is 0. The Labute approximate surface area is 113 Å². The first-order valence-electron chi connectivity index (χ1n) is 3.94. The molecule has 0 rings (SSSR count). The van der Waals surface area contributed by atoms with E-state index in [9.17, 15) is 0 Å². The van der Waals surface area contributed by atoms with Gasteiger partial charge in [0.1, 0.15) is 0 Å². The van der Waals surface area contributed by atoms with Crippen LogP contribution < -0.4 is 51.4 Å². The van der Waals surface area contributed by atoms with Crippen molar-refractivity contribution in [3.8, 4) is 0 Å². The Morgan fingerprint density at radius 3 is 1.18 bits per heavy atom. The standard InChI is InChI=1S/C6H14.C2H6O.K.H2O/c1-3-5-6-4-2;1-2-3;;/h3-6H2,1-2H3;3H,2H2,1H3;;1H2/q;;+1;/p-1. The number of aliphatic hydroxyl groups is 1. The van der Waals surface area contributed by atoms with Crippen molar-refractivity contribution in [1.82, 2.24) is 0 Å². The minimum atomic E-state index is 0. The predicted molar refractivity (Wildman–Crippen MR) is 44.5 cm³/mol. The van der Waals surface area contributed by atoms with Crippen LogP contribution in [-0.4, -0.2) is 17.2 Å². The molecule has 0 aliphatic carbocycles. The van der Waals surface area contributed by atoms with Crippen LogP contribution in [0.25, 0.3) is 0 Å². The van der Waals surface area contributed by atoms with Crippen molar-refractivity contribution >= 4 is 0 Å². The van der Waals surface area contributed by atoms with E-state index in [1.807, 2.05) is 0 Å². The smallest absolute Gasteiger partial charge is 0.870 e. The van der Waals surface area contributed by atoms with Crippen molar-refractivity contribution in [3.05, 3.63) is 0 Å². The predicted octanol–water partition coefficient (Wildman–Crippen LogP) is -0.588. The summed E-state index contributed by atoms with van der Waals surface area (Å²) in [5.74, 6) is 0. The number of rotatable bonds is 3. The molecule has 0 unspecified atom stereocenters. The van der Waals surface area contributed by atoms with Gasteiger partial charge in [-0.1, -0.05) is 39.5 Å². The van der Waals surface area contributed by atoms with Gasteiger partial charge in [0.25, 0.3) is 0 Å². The molecule has 3 heteroatoms. The second-order valence-electron chi connectivity index (χ2n) is 2.02. The van der Waals surface area contributed by atoms with E-state index in [4.69, 9.17) is 5.11 Å². The number of aliphatic hydroxyl groups excluding tert-OH is 1. The van der Waals surface area contributed by atoms with Crippen LogP contribution in [0.1, 0.15) is 46.5 Å². The first kappa shape index (κ1) is 22.9. The third kappa shape index (κ3) is 50.8. The molecule has 0 amide bonds. The van der Waals surface area contributed by atoms with Gasteiger partial charge in [0.15, 0.2) is 0 Å². The molecule has 0 aromatic rings. The maximum absolute atomic E-state index is 7.57. The first-order valence-corrected chi connectivity index (χ1v) is 3.94. The topological polar surface area (TPSA) is 50.2 Å². The van der Waals surface area contributed by atoms with Crippen molar-refractivity contribution < 1.29 is 62.0 Å². The van der Waals surface area contributed by atoms with Gasteiger partial charge < -0.3 is 10.6 Å². The molecule has 2 N–H and O–H groups in total. The molecule has 0 saturated heterocycles. The summed E-state index contributed by atoms with van der Waals surface area (Å²) in [6, 6.07) is 0. The van der Waals surface area contributed by atoms with Crippen molar-refractivity contribution in [2.75, 3.05) is 6.61 Å². The van der Waals surface area contributed by atoms with Gasteiger partial charge in [0.2, 0.25) is 0 Å². The summed E-state index contributed by atoms with van der Waals surface area (Å²) in [6.07, 6.45) is 5.54. The van der Waals surface area contributed by atoms with Gasteiger partial charge in [0, 0.05) is 6.61 Å². The summed E-state index contributed by atoms with van der Waals surface area (Å²) >= 11 is 0. The van der Waals surface area contributed by atoms with Gasteiger partial charge in [-0.3, -0.25) is 0 Å². The Morgan fingerprint density at radius 2 is 1.09 bits per heavy atom. The molecule has 0 bridgehead atoms. The van der Waals surface area contributed by atoms with Crippen molar-refractivity contribution in [1.29, 1.82) is 0 Å². The molecular formula is C8H21KO2. The molecule has 0 aliphatic rings. The molecule has 0 aliphatic heterocycles. The molecule has 0 heterocycles. The van der Waals surface area contributed by atoms with Gasteiger partial charge in [-0.05, 0) is 6.92 Å². The Hall–Kier alpha value is 1.56. The maximum atomic E-state index is 7.57. The summed E-state index contributed by atoms with van der Waals surface area (Å²) in [4.78, 5) is 0. The van der Waals surface area contributed by atoms with Gasteiger partial charge >= 0.3 is 51.4 Å². The van der Waals surface area contributed by atoms with Gasteiger partial charge in [-0.15, -0.1) is 0 Å². The molecule has 0 radical (unpaired) electrons. The molecule has 0 fully saturated rings. The van der Waals surface area contributed by atoms with E-state index < -0.39 is 0 Å². The van der Waals surface area contributed by atoms with E-state index >= 15 is 0 Å². The van der Waals surface area contributed by atoms with Crippen LogP contribution in [0.2, 0.25) is 0 Å². The summed E-state index contributed by atoms with van der Waals surface area (Å²) in [5, 5.41) is 7.57. The van der Waals surface area contributed by atoms with Crippen molar-refractivity contribution in [2.45, 2.75) is 46.5 Å². The molecule has 66 valence electrons. The normalized spacial score (nSPS) is 6.55. The first-order chi connectivity index (χ1) is 4.33. The third-order valence-corrected chi connectivity index (χ3v) is 0.957. The summed E-state index contributed by atoms with van der Waals surface area (Å²) in [7, 11) is 0. The van der Waals surface area contributed by atoms with E-state index in [0.29, 0.717) is 0 Å². The van der Waals surface area contributed by atoms with E-state index in [0.717, 1.165) is 0 Å². The van der Waals surface area contributed by atoms with E-state index in [1.54, 1.807) is 6.92 Å². The molecule has 0 aromatic heterocycles. The molecular weight excluding hydrogens is 167 g/mol. The molecule has 0 saturated carbocycles. The van der Waals surface area contributed by atoms with Crippen LogP contribution in [0.3, 0.4) is 0 Å². The Balaban J connectivity index is -0.0000000437. The van der Waals surface area contributed by atoms with E-state index in [-0.39, 0.29) is 63.5 Å². The maximum Gasteiger partial charge on any atom is 1.00 e. The zero-order chi connectivity index (χ0) is 7.54. The number of hydrogen-bond donors (Lipinski definition) is 1. The molecule has 0 aromatic carbocycles. The summed E-state index contributed by atoms with van der Waals surface area (Å²) in [6.45, 7) is 6.39. The minimum Gasteiger partial charge on any atom is -0.870 e. The minimum absolute atomic E-state index is 0. The average molecular weight is 188 g/mol. The van der Waals surface area contributed by atoms with Crippen LogP contribution in [0.15, 0.2) is 0 Å². The molecule has 0 atom stereocenters. The fourth-order valence-electron chi connectivity index (χ4n) is 0.500. The number of unbranched alkanes of at least 4 members (excludes halogenated alkanes) is 3. The third-order valence-electron chi connectivity index (χ3n) is 0.957. The largest absolute Gasteiger partial charge is 1.00 e. The van der Waals surface area contributed by atoms with Crippen LogP contribution in [0.5, 0.6) is 0 Å². The second kappa shape index (κ2) is 30.0.